The van der Waals surface area contributed by atoms with Crippen LogP contribution in [0, 0.1) is 17.9 Å². The van der Waals surface area contributed by atoms with Gasteiger partial charge in [0.25, 0.3) is 0 Å². The molecule has 6 aromatic carbocycles. The summed E-state index contributed by atoms with van der Waals surface area (Å²) in [7, 11) is 0. The number of nitrogens with zero attached hydrogens (tertiary/aromatic N) is 4. The minimum Gasteiger partial charge on any atom is -0.310 e. The van der Waals surface area contributed by atoms with Crippen molar-refractivity contribution >= 4 is 49.3 Å². The Morgan fingerprint density at radius 1 is 0.560 bits per heavy atom. The highest BCUT2D eigenvalue weighted by Crippen LogP contribution is 2.43. The monoisotopic (exact) mass is 646 g/mol. The highest BCUT2D eigenvalue weighted by molar-refractivity contribution is 6.17. The second-order valence-corrected chi connectivity index (χ2v) is 15.4. The Hall–Kier alpha value is -6.10. The summed E-state index contributed by atoms with van der Waals surface area (Å²) in [6.07, 6.45) is 0. The summed E-state index contributed by atoms with van der Waals surface area (Å²) in [6.45, 7) is 21.3. The fourth-order valence-electron chi connectivity index (χ4n) is 7.42. The first-order valence-electron chi connectivity index (χ1n) is 17.1. The highest BCUT2D eigenvalue weighted by Gasteiger charge is 2.22. The second-order valence-electron chi connectivity index (χ2n) is 15.4. The SMILES string of the molecule is [C-]#[N+]c1cc(C#N)cc(-n2c3ccc(C(C)(C)C)cc3c3c(-c4ccc5c6cc(C(C)(C)C)ccc6n(-c6ccccc6)c5c4)cccc32)c1. The van der Waals surface area contributed by atoms with Crippen LogP contribution in [0.5, 0.6) is 0 Å². The Kier molecular flexibility index (Phi) is 7.00. The molecule has 0 amide bonds. The summed E-state index contributed by atoms with van der Waals surface area (Å²) in [5.74, 6) is 0. The largest absolute Gasteiger partial charge is 0.310 e. The van der Waals surface area contributed by atoms with Crippen LogP contribution in [0.4, 0.5) is 5.69 Å². The molecule has 0 aliphatic carbocycles. The zero-order chi connectivity index (χ0) is 34.9. The molecule has 0 bridgehead atoms. The van der Waals surface area contributed by atoms with E-state index in [2.05, 4.69) is 165 Å². The van der Waals surface area contributed by atoms with Gasteiger partial charge in [0, 0.05) is 38.5 Å². The molecule has 0 N–H and O–H groups in total. The molecule has 0 saturated carbocycles. The van der Waals surface area contributed by atoms with Gasteiger partial charge in [-0.05, 0) is 99.8 Å². The maximum atomic E-state index is 9.86. The van der Waals surface area contributed by atoms with E-state index in [-0.39, 0.29) is 10.8 Å². The lowest BCUT2D eigenvalue weighted by Gasteiger charge is -2.19. The standard InChI is InChI=1S/C46H38N4/c1-45(2,3)31-17-20-40-38(25-31)37-19-16-30(24-43(37)49(40)34-12-9-8-10-13-34)36-14-11-15-42-44(36)39-26-32(46(4,5)6)18-21-41(39)50(42)35-23-29(28-47)22-33(27-35)48-7/h8-27H,1-6H3. The molecule has 0 saturated heterocycles. The Labute approximate surface area is 293 Å². The van der Waals surface area contributed by atoms with Crippen molar-refractivity contribution in [3.63, 3.8) is 0 Å². The fraction of sp³-hybridized carbons (Fsp3) is 0.174. The quantitative estimate of drug-likeness (QED) is 0.176. The van der Waals surface area contributed by atoms with Crippen LogP contribution >= 0.6 is 0 Å². The fourth-order valence-corrected chi connectivity index (χ4v) is 7.42. The molecule has 242 valence electrons. The van der Waals surface area contributed by atoms with Crippen molar-refractivity contribution in [3.05, 3.63) is 149 Å². The van der Waals surface area contributed by atoms with Crippen molar-refractivity contribution in [2.24, 2.45) is 0 Å². The number of hydrogen-bond acceptors (Lipinski definition) is 1. The van der Waals surface area contributed by atoms with Crippen LogP contribution in [-0.2, 0) is 10.8 Å². The Balaban J connectivity index is 1.47. The van der Waals surface area contributed by atoms with Crippen molar-refractivity contribution in [3.8, 4) is 28.6 Å². The number of benzene rings is 6. The minimum absolute atomic E-state index is 0.0351. The molecule has 0 aliphatic heterocycles. The lowest BCUT2D eigenvalue weighted by atomic mass is 9.86. The van der Waals surface area contributed by atoms with Crippen LogP contribution in [0.3, 0.4) is 0 Å². The van der Waals surface area contributed by atoms with Gasteiger partial charge in [-0.3, -0.25) is 0 Å². The number of nitriles is 1. The molecule has 50 heavy (non-hydrogen) atoms. The molecule has 0 fully saturated rings. The first kappa shape index (κ1) is 31.2. The van der Waals surface area contributed by atoms with Crippen molar-refractivity contribution in [1.82, 2.24) is 9.13 Å². The Morgan fingerprint density at radius 2 is 1.22 bits per heavy atom. The number of fused-ring (bicyclic) bond motifs is 6. The molecule has 0 atom stereocenters. The third-order valence-electron chi connectivity index (χ3n) is 10.0. The van der Waals surface area contributed by atoms with Gasteiger partial charge in [-0.15, -0.1) is 0 Å². The lowest BCUT2D eigenvalue weighted by molar-refractivity contribution is 0.591. The van der Waals surface area contributed by atoms with Gasteiger partial charge in [0.05, 0.1) is 34.7 Å². The predicted octanol–water partition coefficient (Wildman–Crippen LogP) is 12.6. The molecule has 0 radical (unpaired) electrons. The molecule has 4 nitrogen and oxygen atoms in total. The van der Waals surface area contributed by atoms with Crippen molar-refractivity contribution in [2.75, 3.05) is 0 Å². The van der Waals surface area contributed by atoms with E-state index in [9.17, 15) is 5.26 Å². The number of aromatic nitrogens is 2. The molecule has 2 aromatic heterocycles. The summed E-state index contributed by atoms with van der Waals surface area (Å²) in [5.41, 5.74) is 12.1. The topological polar surface area (TPSA) is 38.0 Å². The first-order chi connectivity index (χ1) is 24.0. The molecular formula is C46H38N4. The maximum Gasteiger partial charge on any atom is 0.190 e. The summed E-state index contributed by atoms with van der Waals surface area (Å²) >= 11 is 0. The van der Waals surface area contributed by atoms with Crippen LogP contribution in [-0.4, -0.2) is 9.13 Å². The predicted molar refractivity (Wildman–Crippen MR) is 209 cm³/mol. The highest BCUT2D eigenvalue weighted by atomic mass is 15.0. The third-order valence-corrected chi connectivity index (χ3v) is 10.0. The average Bonchev–Trinajstić information content (AvgIpc) is 3.62. The van der Waals surface area contributed by atoms with Crippen LogP contribution in [0.2, 0.25) is 0 Å². The van der Waals surface area contributed by atoms with Crippen molar-refractivity contribution in [2.45, 2.75) is 52.4 Å². The number of para-hydroxylation sites is 1. The van der Waals surface area contributed by atoms with E-state index in [1.165, 1.54) is 27.4 Å². The van der Waals surface area contributed by atoms with Gasteiger partial charge in [0.15, 0.2) is 5.69 Å². The van der Waals surface area contributed by atoms with Gasteiger partial charge >= 0.3 is 0 Å². The van der Waals surface area contributed by atoms with Gasteiger partial charge < -0.3 is 9.13 Å². The molecule has 0 unspecified atom stereocenters. The summed E-state index contributed by atoms with van der Waals surface area (Å²) in [6, 6.07) is 45.3. The normalized spacial score (nSPS) is 12.2. The first-order valence-corrected chi connectivity index (χ1v) is 17.1. The number of rotatable bonds is 3. The summed E-state index contributed by atoms with van der Waals surface area (Å²) in [4.78, 5) is 3.70. The van der Waals surface area contributed by atoms with Gasteiger partial charge in [0.2, 0.25) is 0 Å². The van der Waals surface area contributed by atoms with E-state index in [4.69, 9.17) is 6.57 Å². The zero-order valence-electron chi connectivity index (χ0n) is 29.3. The molecule has 0 spiro atoms. The lowest BCUT2D eigenvalue weighted by Crippen LogP contribution is -2.10. The molecule has 2 heterocycles. The van der Waals surface area contributed by atoms with E-state index in [1.807, 2.05) is 12.1 Å². The van der Waals surface area contributed by atoms with Crippen LogP contribution in [0.1, 0.15) is 58.2 Å². The number of hydrogen-bond donors (Lipinski definition) is 0. The van der Waals surface area contributed by atoms with Crippen molar-refractivity contribution < 1.29 is 0 Å². The van der Waals surface area contributed by atoms with E-state index in [0.29, 0.717) is 11.3 Å². The second kappa shape index (κ2) is 11.2. The van der Waals surface area contributed by atoms with Crippen LogP contribution < -0.4 is 0 Å². The maximum absolute atomic E-state index is 9.86. The summed E-state index contributed by atoms with van der Waals surface area (Å²) < 4.78 is 4.60. The van der Waals surface area contributed by atoms with Gasteiger partial charge in [-0.2, -0.15) is 5.26 Å². The molecule has 8 rings (SSSR count). The van der Waals surface area contributed by atoms with Crippen LogP contribution in [0.25, 0.3) is 71.0 Å². The van der Waals surface area contributed by atoms with E-state index in [0.717, 1.165) is 49.8 Å². The van der Waals surface area contributed by atoms with Crippen LogP contribution in [0.15, 0.2) is 121 Å². The zero-order valence-corrected chi connectivity index (χ0v) is 29.3. The van der Waals surface area contributed by atoms with Crippen molar-refractivity contribution in [1.29, 1.82) is 5.26 Å². The summed E-state index contributed by atoms with van der Waals surface area (Å²) in [5, 5.41) is 14.6. The van der Waals surface area contributed by atoms with Gasteiger partial charge in [-0.25, -0.2) is 4.85 Å². The molecular weight excluding hydrogens is 609 g/mol. The molecule has 4 heteroatoms. The van der Waals surface area contributed by atoms with E-state index >= 15 is 0 Å². The third kappa shape index (κ3) is 4.96. The molecule has 8 aromatic rings. The molecule has 0 aliphatic rings. The van der Waals surface area contributed by atoms with E-state index in [1.54, 1.807) is 6.07 Å². The Bertz CT molecular complexity index is 2700. The van der Waals surface area contributed by atoms with E-state index < -0.39 is 0 Å². The smallest absolute Gasteiger partial charge is 0.190 e. The average molecular weight is 647 g/mol. The van der Waals surface area contributed by atoms with Gasteiger partial charge in [-0.1, -0.05) is 96.1 Å². The Morgan fingerprint density at radius 3 is 1.88 bits per heavy atom. The van der Waals surface area contributed by atoms with Gasteiger partial charge in [0.1, 0.15) is 0 Å². The minimum atomic E-state index is -0.0447.